The largest absolute Gasteiger partial charge is 0.381 e. The van der Waals surface area contributed by atoms with E-state index >= 15 is 0 Å². The van der Waals surface area contributed by atoms with Crippen LogP contribution in [0.15, 0.2) is 12.1 Å². The molecule has 4 aliphatic rings. The lowest BCUT2D eigenvalue weighted by Gasteiger charge is -2.27. The smallest absolute Gasteiger partial charge is 0.272 e. The van der Waals surface area contributed by atoms with Gasteiger partial charge < -0.3 is 20.3 Å². The van der Waals surface area contributed by atoms with Crippen LogP contribution in [0, 0.1) is 17.8 Å². The number of aromatic nitrogens is 2. The van der Waals surface area contributed by atoms with Crippen LogP contribution < -0.4 is 10.6 Å². The second-order valence-corrected chi connectivity index (χ2v) is 9.16. The van der Waals surface area contributed by atoms with E-state index in [-0.39, 0.29) is 5.91 Å². The summed E-state index contributed by atoms with van der Waals surface area (Å²) in [7, 11) is 0. The van der Waals surface area contributed by atoms with Gasteiger partial charge in [-0.2, -0.15) is 0 Å². The van der Waals surface area contributed by atoms with Gasteiger partial charge >= 0.3 is 0 Å². The van der Waals surface area contributed by atoms with E-state index in [1.165, 1.54) is 45.3 Å². The zero-order valence-corrected chi connectivity index (χ0v) is 16.5. The van der Waals surface area contributed by atoms with Gasteiger partial charge in [0.15, 0.2) is 5.69 Å². The third-order valence-corrected chi connectivity index (χ3v) is 6.85. The zero-order valence-electron chi connectivity index (χ0n) is 16.5. The maximum atomic E-state index is 12.0. The Morgan fingerprint density at radius 3 is 2.43 bits per heavy atom. The van der Waals surface area contributed by atoms with E-state index in [1.807, 2.05) is 6.07 Å². The minimum Gasteiger partial charge on any atom is -0.381 e. The number of rotatable bonds is 6. The van der Waals surface area contributed by atoms with Crippen molar-refractivity contribution in [2.24, 2.45) is 17.8 Å². The fourth-order valence-electron chi connectivity index (χ4n) is 5.18. The molecule has 2 N–H and O–H groups in total. The van der Waals surface area contributed by atoms with Gasteiger partial charge in [0.25, 0.3) is 5.91 Å². The van der Waals surface area contributed by atoms with Gasteiger partial charge in [0.1, 0.15) is 5.82 Å². The van der Waals surface area contributed by atoms with Gasteiger partial charge in [0, 0.05) is 44.9 Å². The number of hydrogen-bond acceptors (Lipinski definition) is 6. The van der Waals surface area contributed by atoms with Gasteiger partial charge in [-0.05, 0) is 68.4 Å². The predicted octanol–water partition coefficient (Wildman–Crippen LogP) is 1.92. The molecule has 0 bridgehead atoms. The molecule has 0 spiro atoms. The highest BCUT2D eigenvalue weighted by Gasteiger charge is 2.41. The molecule has 2 aliphatic heterocycles. The number of nitrogens with zero attached hydrogens (tertiary/aromatic N) is 3. The lowest BCUT2D eigenvalue weighted by Crippen LogP contribution is -2.32. The van der Waals surface area contributed by atoms with Crippen LogP contribution in [0.3, 0.4) is 0 Å². The maximum Gasteiger partial charge on any atom is 0.272 e. The summed E-state index contributed by atoms with van der Waals surface area (Å²) in [6, 6.07) is 4.48. The molecule has 7 heteroatoms. The Labute approximate surface area is 166 Å². The van der Waals surface area contributed by atoms with Crippen LogP contribution in [0.5, 0.6) is 0 Å². The lowest BCUT2D eigenvalue weighted by atomic mass is 10.00. The van der Waals surface area contributed by atoms with Crippen LogP contribution in [0.1, 0.15) is 49.0 Å². The second-order valence-electron chi connectivity index (χ2n) is 9.16. The molecular formula is C21H31N5O2. The van der Waals surface area contributed by atoms with Crippen LogP contribution in [-0.4, -0.2) is 65.9 Å². The third kappa shape index (κ3) is 4.30. The topological polar surface area (TPSA) is 79.4 Å². The summed E-state index contributed by atoms with van der Waals surface area (Å²) in [4.78, 5) is 14.7. The highest BCUT2D eigenvalue weighted by atomic mass is 16.5. The molecule has 1 aromatic heterocycles. The van der Waals surface area contributed by atoms with Gasteiger partial charge in [-0.15, -0.1) is 10.2 Å². The number of carbonyl (C=O) groups excluding carboxylic acids is 1. The molecular weight excluding hydrogens is 354 g/mol. The summed E-state index contributed by atoms with van der Waals surface area (Å²) in [6.07, 6.45) is 7.03. The Kier molecular flexibility index (Phi) is 5.20. The maximum absolute atomic E-state index is 12.0. The van der Waals surface area contributed by atoms with Crippen LogP contribution in [0.25, 0.3) is 0 Å². The fraction of sp³-hybridized carbons (Fsp3) is 0.762. The van der Waals surface area contributed by atoms with Crippen molar-refractivity contribution in [3.05, 3.63) is 17.8 Å². The predicted molar refractivity (Wildman–Crippen MR) is 106 cm³/mol. The Morgan fingerprint density at radius 1 is 1.04 bits per heavy atom. The molecule has 4 fully saturated rings. The summed E-state index contributed by atoms with van der Waals surface area (Å²) in [5.41, 5.74) is 0.407. The molecule has 2 saturated carbocycles. The van der Waals surface area contributed by atoms with E-state index in [4.69, 9.17) is 4.74 Å². The van der Waals surface area contributed by atoms with Crippen LogP contribution in [0.2, 0.25) is 0 Å². The van der Waals surface area contributed by atoms with E-state index in [1.54, 1.807) is 6.07 Å². The number of likely N-dealkylation sites (tertiary alicyclic amines) is 1. The normalized spacial score (nSPS) is 30.9. The number of carbonyl (C=O) groups is 1. The van der Waals surface area contributed by atoms with E-state index in [9.17, 15) is 4.79 Å². The SMILES string of the molecule is O=C(NC1CC1)c1ccc(NC2C[C@@H]3CN(CC4CCOCC4)C[C@@H]3C2)nn1. The highest BCUT2D eigenvalue weighted by molar-refractivity contribution is 5.92. The van der Waals surface area contributed by atoms with Crippen molar-refractivity contribution in [1.82, 2.24) is 20.4 Å². The van der Waals surface area contributed by atoms with E-state index in [2.05, 4.69) is 25.7 Å². The first-order valence-electron chi connectivity index (χ1n) is 10.9. The van der Waals surface area contributed by atoms with Crippen LogP contribution in [0.4, 0.5) is 5.82 Å². The molecule has 0 aromatic carbocycles. The zero-order chi connectivity index (χ0) is 18.9. The Hall–Kier alpha value is -1.73. The molecule has 2 aliphatic carbocycles. The van der Waals surface area contributed by atoms with Crippen molar-refractivity contribution < 1.29 is 9.53 Å². The average Bonchev–Trinajstić information content (AvgIpc) is 3.33. The van der Waals surface area contributed by atoms with E-state index in [0.29, 0.717) is 17.8 Å². The number of anilines is 1. The number of fused-ring (bicyclic) bond motifs is 1. The first kappa shape index (κ1) is 18.3. The minimum absolute atomic E-state index is 0.110. The molecule has 3 atom stereocenters. The first-order valence-corrected chi connectivity index (χ1v) is 10.9. The Bertz CT molecular complexity index is 673. The number of amides is 1. The first-order chi connectivity index (χ1) is 13.7. The molecule has 1 unspecified atom stereocenters. The van der Waals surface area contributed by atoms with Crippen molar-refractivity contribution in [3.63, 3.8) is 0 Å². The van der Waals surface area contributed by atoms with E-state index < -0.39 is 0 Å². The number of nitrogens with one attached hydrogen (secondary N) is 2. The van der Waals surface area contributed by atoms with E-state index in [0.717, 1.165) is 49.6 Å². The van der Waals surface area contributed by atoms with Crippen molar-refractivity contribution in [2.75, 3.05) is 38.2 Å². The molecule has 28 heavy (non-hydrogen) atoms. The van der Waals surface area contributed by atoms with Crippen molar-refractivity contribution >= 4 is 11.7 Å². The molecule has 1 amide bonds. The summed E-state index contributed by atoms with van der Waals surface area (Å²) < 4.78 is 5.49. The van der Waals surface area contributed by atoms with Gasteiger partial charge in [-0.1, -0.05) is 0 Å². The van der Waals surface area contributed by atoms with Gasteiger partial charge in [0.05, 0.1) is 0 Å². The summed E-state index contributed by atoms with van der Waals surface area (Å²) in [5, 5.41) is 14.8. The molecule has 7 nitrogen and oxygen atoms in total. The van der Waals surface area contributed by atoms with Crippen LogP contribution in [-0.2, 0) is 4.74 Å². The quantitative estimate of drug-likeness (QED) is 0.779. The van der Waals surface area contributed by atoms with Crippen LogP contribution >= 0.6 is 0 Å². The molecule has 0 radical (unpaired) electrons. The minimum atomic E-state index is -0.110. The third-order valence-electron chi connectivity index (χ3n) is 6.85. The number of hydrogen-bond donors (Lipinski definition) is 2. The average molecular weight is 386 g/mol. The lowest BCUT2D eigenvalue weighted by molar-refractivity contribution is 0.0545. The Morgan fingerprint density at radius 2 is 1.79 bits per heavy atom. The monoisotopic (exact) mass is 385 g/mol. The fourth-order valence-corrected chi connectivity index (χ4v) is 5.18. The second kappa shape index (κ2) is 7.95. The standard InChI is InChI=1S/C21H31N5O2/c27-21(23-17-1-2-17)19-3-4-20(25-24-19)22-18-9-15-12-26(13-16(15)10-18)11-14-5-7-28-8-6-14/h3-4,14-18H,1-2,5-13H2,(H,22,25)(H,23,27)/t15-,16+,18?. The van der Waals surface area contributed by atoms with Crippen molar-refractivity contribution in [1.29, 1.82) is 0 Å². The Balaban J connectivity index is 1.08. The van der Waals surface area contributed by atoms with Gasteiger partial charge in [0.2, 0.25) is 0 Å². The summed E-state index contributed by atoms with van der Waals surface area (Å²) in [6.45, 7) is 5.63. The molecule has 1 aromatic rings. The van der Waals surface area contributed by atoms with Crippen molar-refractivity contribution in [2.45, 2.75) is 50.6 Å². The van der Waals surface area contributed by atoms with Gasteiger partial charge in [-0.25, -0.2) is 0 Å². The highest BCUT2D eigenvalue weighted by Crippen LogP contribution is 2.39. The molecule has 2 saturated heterocycles. The van der Waals surface area contributed by atoms with Gasteiger partial charge in [-0.3, -0.25) is 4.79 Å². The molecule has 152 valence electrons. The molecule has 3 heterocycles. The van der Waals surface area contributed by atoms with Crippen molar-refractivity contribution in [3.8, 4) is 0 Å². The summed E-state index contributed by atoms with van der Waals surface area (Å²) >= 11 is 0. The molecule has 5 rings (SSSR count). The number of ether oxygens (including phenoxy) is 1. The summed E-state index contributed by atoms with van der Waals surface area (Å²) in [5.74, 6) is 3.10.